The van der Waals surface area contributed by atoms with Crippen LogP contribution in [0.5, 0.6) is 5.75 Å². The fraction of sp³-hybridized carbons (Fsp3) is 0.600. The SMILES string of the molecule is CCCCCCCC(C)Oc1ccccc1. The standard InChI is InChI=1S/C15H24O/c1-3-4-5-6-8-11-14(2)16-15-12-9-7-10-13-15/h7,9-10,12-14H,3-6,8,11H2,1-2H3. The van der Waals surface area contributed by atoms with Crippen LogP contribution in [0.25, 0.3) is 0 Å². The summed E-state index contributed by atoms with van der Waals surface area (Å²) in [6.07, 6.45) is 8.19. The van der Waals surface area contributed by atoms with E-state index in [4.69, 9.17) is 4.74 Å². The lowest BCUT2D eigenvalue weighted by Crippen LogP contribution is -2.11. The third-order valence-corrected chi connectivity index (χ3v) is 2.79. The first-order chi connectivity index (χ1) is 7.83. The molecule has 1 aromatic carbocycles. The molecule has 16 heavy (non-hydrogen) atoms. The van der Waals surface area contributed by atoms with E-state index in [-0.39, 0.29) is 0 Å². The summed E-state index contributed by atoms with van der Waals surface area (Å²) < 4.78 is 5.82. The highest BCUT2D eigenvalue weighted by Gasteiger charge is 2.02. The van der Waals surface area contributed by atoms with Crippen molar-refractivity contribution in [1.29, 1.82) is 0 Å². The topological polar surface area (TPSA) is 9.23 Å². The second kappa shape index (κ2) is 8.20. The van der Waals surface area contributed by atoms with Gasteiger partial charge in [0.25, 0.3) is 0 Å². The Hall–Kier alpha value is -0.980. The zero-order chi connectivity index (χ0) is 11.6. The summed E-state index contributed by atoms with van der Waals surface area (Å²) >= 11 is 0. The molecule has 0 amide bonds. The van der Waals surface area contributed by atoms with Crippen molar-refractivity contribution >= 4 is 0 Å². The third-order valence-electron chi connectivity index (χ3n) is 2.79. The Kier molecular flexibility index (Phi) is 6.71. The van der Waals surface area contributed by atoms with E-state index in [0.29, 0.717) is 6.10 Å². The molecule has 1 rings (SSSR count). The van der Waals surface area contributed by atoms with Crippen molar-refractivity contribution in [3.05, 3.63) is 30.3 Å². The first-order valence-corrected chi connectivity index (χ1v) is 6.54. The number of hydrogen-bond donors (Lipinski definition) is 0. The van der Waals surface area contributed by atoms with Crippen molar-refractivity contribution in [3.63, 3.8) is 0 Å². The van der Waals surface area contributed by atoms with Crippen molar-refractivity contribution in [2.24, 2.45) is 0 Å². The van der Waals surface area contributed by atoms with E-state index in [0.717, 1.165) is 5.75 Å². The molecular weight excluding hydrogens is 196 g/mol. The second-order valence-electron chi connectivity index (χ2n) is 4.44. The quantitative estimate of drug-likeness (QED) is 0.571. The fourth-order valence-corrected chi connectivity index (χ4v) is 1.83. The predicted octanol–water partition coefficient (Wildman–Crippen LogP) is 4.81. The summed E-state index contributed by atoms with van der Waals surface area (Å²) in [5.41, 5.74) is 0. The molecule has 0 N–H and O–H groups in total. The highest BCUT2D eigenvalue weighted by atomic mass is 16.5. The van der Waals surface area contributed by atoms with Gasteiger partial charge in [-0.1, -0.05) is 50.8 Å². The van der Waals surface area contributed by atoms with Gasteiger partial charge in [-0.2, -0.15) is 0 Å². The molecule has 0 radical (unpaired) electrons. The molecule has 0 aliphatic heterocycles. The Labute approximate surface area is 99.8 Å². The van der Waals surface area contributed by atoms with Crippen molar-refractivity contribution in [3.8, 4) is 5.75 Å². The summed E-state index contributed by atoms with van der Waals surface area (Å²) in [7, 11) is 0. The van der Waals surface area contributed by atoms with Gasteiger partial charge in [-0.3, -0.25) is 0 Å². The highest BCUT2D eigenvalue weighted by molar-refractivity contribution is 5.21. The Balaban J connectivity index is 2.09. The normalized spacial score (nSPS) is 12.4. The van der Waals surface area contributed by atoms with Crippen LogP contribution in [0.4, 0.5) is 0 Å². The first kappa shape index (κ1) is 13.1. The van der Waals surface area contributed by atoms with Crippen LogP contribution in [0.15, 0.2) is 30.3 Å². The van der Waals surface area contributed by atoms with Gasteiger partial charge in [0.05, 0.1) is 6.10 Å². The smallest absolute Gasteiger partial charge is 0.119 e. The zero-order valence-electron chi connectivity index (χ0n) is 10.6. The van der Waals surface area contributed by atoms with Crippen molar-refractivity contribution < 1.29 is 4.74 Å². The monoisotopic (exact) mass is 220 g/mol. The van der Waals surface area contributed by atoms with Crippen LogP contribution in [-0.4, -0.2) is 6.10 Å². The lowest BCUT2D eigenvalue weighted by Gasteiger charge is -2.14. The Morgan fingerprint density at radius 1 is 1.00 bits per heavy atom. The molecule has 1 atom stereocenters. The Morgan fingerprint density at radius 3 is 2.38 bits per heavy atom. The van der Waals surface area contributed by atoms with Gasteiger partial charge in [0.1, 0.15) is 5.75 Å². The molecule has 90 valence electrons. The molecule has 0 spiro atoms. The maximum Gasteiger partial charge on any atom is 0.119 e. The molecule has 0 saturated heterocycles. The Bertz CT molecular complexity index is 255. The summed E-state index contributed by atoms with van der Waals surface area (Å²) in [5.74, 6) is 0.989. The summed E-state index contributed by atoms with van der Waals surface area (Å²) in [6, 6.07) is 10.1. The number of para-hydroxylation sites is 1. The molecule has 1 unspecified atom stereocenters. The van der Waals surface area contributed by atoms with Crippen LogP contribution >= 0.6 is 0 Å². The van der Waals surface area contributed by atoms with E-state index in [1.807, 2.05) is 30.3 Å². The average Bonchev–Trinajstić information content (AvgIpc) is 2.30. The van der Waals surface area contributed by atoms with E-state index in [2.05, 4.69) is 13.8 Å². The Morgan fingerprint density at radius 2 is 1.69 bits per heavy atom. The van der Waals surface area contributed by atoms with E-state index in [1.165, 1.54) is 38.5 Å². The summed E-state index contributed by atoms with van der Waals surface area (Å²) in [6.45, 7) is 4.41. The molecule has 0 bridgehead atoms. The highest BCUT2D eigenvalue weighted by Crippen LogP contribution is 2.14. The third kappa shape index (κ3) is 5.79. The van der Waals surface area contributed by atoms with Crippen LogP contribution in [0.2, 0.25) is 0 Å². The number of ether oxygens (including phenoxy) is 1. The van der Waals surface area contributed by atoms with Crippen LogP contribution in [-0.2, 0) is 0 Å². The number of rotatable bonds is 8. The van der Waals surface area contributed by atoms with Gasteiger partial charge in [-0.15, -0.1) is 0 Å². The van der Waals surface area contributed by atoms with Gasteiger partial charge in [0.15, 0.2) is 0 Å². The molecule has 0 saturated carbocycles. The molecule has 0 aliphatic rings. The van der Waals surface area contributed by atoms with Crippen LogP contribution in [0, 0.1) is 0 Å². The van der Waals surface area contributed by atoms with Gasteiger partial charge in [-0.25, -0.2) is 0 Å². The maximum atomic E-state index is 5.82. The van der Waals surface area contributed by atoms with Gasteiger partial charge in [-0.05, 0) is 31.9 Å². The summed E-state index contributed by atoms with van der Waals surface area (Å²) in [5, 5.41) is 0. The van der Waals surface area contributed by atoms with Gasteiger partial charge in [0.2, 0.25) is 0 Å². The van der Waals surface area contributed by atoms with Crippen LogP contribution in [0.1, 0.15) is 52.4 Å². The summed E-state index contributed by atoms with van der Waals surface area (Å²) in [4.78, 5) is 0. The van der Waals surface area contributed by atoms with E-state index in [1.54, 1.807) is 0 Å². The first-order valence-electron chi connectivity index (χ1n) is 6.54. The molecule has 0 fully saturated rings. The van der Waals surface area contributed by atoms with Crippen molar-refractivity contribution in [2.75, 3.05) is 0 Å². The number of benzene rings is 1. The predicted molar refractivity (Wildman–Crippen MR) is 69.9 cm³/mol. The van der Waals surface area contributed by atoms with Crippen molar-refractivity contribution in [1.82, 2.24) is 0 Å². The maximum absolute atomic E-state index is 5.82. The van der Waals surface area contributed by atoms with E-state index in [9.17, 15) is 0 Å². The lowest BCUT2D eigenvalue weighted by molar-refractivity contribution is 0.206. The van der Waals surface area contributed by atoms with Gasteiger partial charge in [0, 0.05) is 0 Å². The van der Waals surface area contributed by atoms with Crippen LogP contribution in [0.3, 0.4) is 0 Å². The molecule has 1 heteroatoms. The van der Waals surface area contributed by atoms with Gasteiger partial charge < -0.3 is 4.74 Å². The second-order valence-corrected chi connectivity index (χ2v) is 4.44. The minimum absolute atomic E-state index is 0.337. The van der Waals surface area contributed by atoms with Crippen molar-refractivity contribution in [2.45, 2.75) is 58.5 Å². The lowest BCUT2D eigenvalue weighted by atomic mass is 10.1. The fourth-order valence-electron chi connectivity index (χ4n) is 1.83. The van der Waals surface area contributed by atoms with Gasteiger partial charge >= 0.3 is 0 Å². The molecule has 0 aliphatic carbocycles. The molecule has 0 aromatic heterocycles. The van der Waals surface area contributed by atoms with E-state index >= 15 is 0 Å². The largest absolute Gasteiger partial charge is 0.491 e. The molecule has 0 heterocycles. The minimum atomic E-state index is 0.337. The van der Waals surface area contributed by atoms with E-state index < -0.39 is 0 Å². The van der Waals surface area contributed by atoms with Crippen LogP contribution < -0.4 is 4.74 Å². The number of unbranched alkanes of at least 4 members (excludes halogenated alkanes) is 4. The zero-order valence-corrected chi connectivity index (χ0v) is 10.6. The molecule has 1 nitrogen and oxygen atoms in total. The number of hydrogen-bond acceptors (Lipinski definition) is 1. The average molecular weight is 220 g/mol. The minimum Gasteiger partial charge on any atom is -0.491 e. The molecular formula is C15H24O. The molecule has 1 aromatic rings.